The summed E-state index contributed by atoms with van der Waals surface area (Å²) in [4.78, 5) is 11.3. The van der Waals surface area contributed by atoms with Gasteiger partial charge in [0.25, 0.3) is 0 Å². The van der Waals surface area contributed by atoms with E-state index in [0.717, 1.165) is 18.2 Å². The van der Waals surface area contributed by atoms with E-state index in [-0.39, 0.29) is 12.1 Å². The lowest BCUT2D eigenvalue weighted by Gasteiger charge is -2.19. The van der Waals surface area contributed by atoms with Crippen molar-refractivity contribution in [1.82, 2.24) is 5.32 Å². The molecule has 1 aromatic rings. The van der Waals surface area contributed by atoms with Crippen molar-refractivity contribution in [1.29, 1.82) is 0 Å². The number of alkyl carbamates (subject to hydrolysis) is 1. The molecule has 0 fully saturated rings. The topological polar surface area (TPSA) is 38.3 Å². The van der Waals surface area contributed by atoms with Gasteiger partial charge in [-0.25, -0.2) is 9.18 Å². The Morgan fingerprint density at radius 3 is 2.45 bits per heavy atom. The molecule has 7 heteroatoms. The number of nitrogens with one attached hydrogen (secondary N) is 1. The minimum atomic E-state index is -4.58. The van der Waals surface area contributed by atoms with Crippen LogP contribution in [0, 0.1) is 5.82 Å². The van der Waals surface area contributed by atoms with E-state index < -0.39 is 29.3 Å². The molecule has 22 heavy (non-hydrogen) atoms. The Kier molecular flexibility index (Phi) is 5.57. The predicted octanol–water partition coefficient (Wildman–Crippen LogP) is 4.38. The van der Waals surface area contributed by atoms with E-state index in [4.69, 9.17) is 4.74 Å². The zero-order valence-corrected chi connectivity index (χ0v) is 12.4. The van der Waals surface area contributed by atoms with Crippen LogP contribution in [-0.4, -0.2) is 18.2 Å². The van der Waals surface area contributed by atoms with Gasteiger partial charge >= 0.3 is 12.3 Å². The third kappa shape index (κ3) is 6.15. The highest BCUT2D eigenvalue weighted by molar-refractivity contribution is 5.68. The summed E-state index contributed by atoms with van der Waals surface area (Å²) in [5.74, 6) is -0.771. The van der Waals surface area contributed by atoms with E-state index in [9.17, 15) is 22.4 Å². The summed E-state index contributed by atoms with van der Waals surface area (Å²) in [6.45, 7) is 5.02. The van der Waals surface area contributed by atoms with Gasteiger partial charge in [-0.15, -0.1) is 0 Å². The fourth-order valence-electron chi connectivity index (χ4n) is 1.57. The summed E-state index contributed by atoms with van der Waals surface area (Å²) >= 11 is 0. The van der Waals surface area contributed by atoms with Crippen molar-refractivity contribution in [2.24, 2.45) is 0 Å². The Bertz CT molecular complexity index is 560. The fourth-order valence-corrected chi connectivity index (χ4v) is 1.57. The van der Waals surface area contributed by atoms with Gasteiger partial charge in [0, 0.05) is 6.54 Å². The normalized spacial score (nSPS) is 12.5. The molecule has 0 saturated heterocycles. The number of hydrogen-bond donors (Lipinski definition) is 1. The van der Waals surface area contributed by atoms with E-state index in [1.54, 1.807) is 20.8 Å². The molecule has 1 amide bonds. The van der Waals surface area contributed by atoms with Crippen molar-refractivity contribution >= 4 is 12.2 Å². The number of alkyl halides is 3. The average Bonchev–Trinajstić information content (AvgIpc) is 2.31. The molecule has 0 heterocycles. The van der Waals surface area contributed by atoms with Crippen molar-refractivity contribution in [2.75, 3.05) is 6.54 Å². The maximum atomic E-state index is 13.1. The summed E-state index contributed by atoms with van der Waals surface area (Å²) in [6.07, 6.45) is -2.88. The smallest absolute Gasteiger partial charge is 0.416 e. The van der Waals surface area contributed by atoms with E-state index in [0.29, 0.717) is 6.07 Å². The van der Waals surface area contributed by atoms with Crippen molar-refractivity contribution in [3.8, 4) is 0 Å². The van der Waals surface area contributed by atoms with Crippen molar-refractivity contribution in [3.05, 3.63) is 41.2 Å². The van der Waals surface area contributed by atoms with E-state index in [1.165, 1.54) is 6.08 Å². The van der Waals surface area contributed by atoms with Crippen LogP contribution >= 0.6 is 0 Å². The van der Waals surface area contributed by atoms with Crippen molar-refractivity contribution in [2.45, 2.75) is 32.5 Å². The van der Waals surface area contributed by atoms with Crippen molar-refractivity contribution in [3.63, 3.8) is 0 Å². The number of rotatable bonds is 3. The lowest BCUT2D eigenvalue weighted by molar-refractivity contribution is -0.137. The number of ether oxygens (including phenoxy) is 1. The molecule has 0 spiro atoms. The molecule has 3 nitrogen and oxygen atoms in total. The monoisotopic (exact) mass is 319 g/mol. The van der Waals surface area contributed by atoms with E-state index in [2.05, 4.69) is 5.32 Å². The maximum Gasteiger partial charge on any atom is 0.416 e. The lowest BCUT2D eigenvalue weighted by Crippen LogP contribution is -2.32. The highest BCUT2D eigenvalue weighted by Crippen LogP contribution is 2.32. The number of benzene rings is 1. The van der Waals surface area contributed by atoms with Gasteiger partial charge in [-0.2, -0.15) is 13.2 Å². The van der Waals surface area contributed by atoms with Crippen LogP contribution in [0.15, 0.2) is 24.3 Å². The molecule has 0 unspecified atom stereocenters. The van der Waals surface area contributed by atoms with Gasteiger partial charge in [-0.3, -0.25) is 0 Å². The molecule has 0 bridgehead atoms. The van der Waals surface area contributed by atoms with Crippen LogP contribution in [0.2, 0.25) is 0 Å². The lowest BCUT2D eigenvalue weighted by atomic mass is 10.1. The third-order valence-electron chi connectivity index (χ3n) is 2.38. The Morgan fingerprint density at radius 1 is 1.27 bits per heavy atom. The minimum Gasteiger partial charge on any atom is -0.444 e. The van der Waals surface area contributed by atoms with Gasteiger partial charge in [0.2, 0.25) is 0 Å². The Morgan fingerprint density at radius 2 is 1.91 bits per heavy atom. The first-order valence-electron chi connectivity index (χ1n) is 6.49. The molecular formula is C15H17F4NO2. The number of hydrogen-bond acceptors (Lipinski definition) is 2. The number of carbonyl (C=O) groups excluding carboxylic acids is 1. The van der Waals surface area contributed by atoms with Crippen molar-refractivity contribution < 1.29 is 27.1 Å². The Hall–Kier alpha value is -2.05. The molecule has 1 N–H and O–H groups in total. The number of halogens is 4. The van der Waals surface area contributed by atoms with Gasteiger partial charge < -0.3 is 10.1 Å². The second-order valence-corrected chi connectivity index (χ2v) is 5.51. The number of carbonyl (C=O) groups is 1. The summed E-state index contributed by atoms with van der Waals surface area (Å²) in [7, 11) is 0. The molecule has 0 saturated carbocycles. The Balaban J connectivity index is 2.71. The summed E-state index contributed by atoms with van der Waals surface area (Å²) < 4.78 is 56.3. The zero-order valence-electron chi connectivity index (χ0n) is 12.4. The molecule has 122 valence electrons. The first-order valence-corrected chi connectivity index (χ1v) is 6.49. The van der Waals surface area contributed by atoms with Crippen LogP contribution in [0.4, 0.5) is 22.4 Å². The molecule has 0 aliphatic rings. The first-order chi connectivity index (χ1) is 9.99. The minimum absolute atomic E-state index is 0.0390. The van der Waals surface area contributed by atoms with Crippen LogP contribution in [0.25, 0.3) is 6.08 Å². The standard InChI is InChI=1S/C15H17F4NO2/c1-14(2,3)22-13(21)20-8-4-5-10-9-11(16)6-7-12(10)15(17,18)19/h4-7,9H,8H2,1-3H3,(H,20,21). The van der Waals surface area contributed by atoms with E-state index in [1.807, 2.05) is 0 Å². The molecule has 1 rings (SSSR count). The SMILES string of the molecule is CC(C)(C)OC(=O)NCC=Cc1cc(F)ccc1C(F)(F)F. The number of amides is 1. The largest absolute Gasteiger partial charge is 0.444 e. The van der Waals surface area contributed by atoms with Gasteiger partial charge in [0.1, 0.15) is 11.4 Å². The van der Waals surface area contributed by atoms with Crippen LogP contribution in [0.1, 0.15) is 31.9 Å². The zero-order chi connectivity index (χ0) is 17.0. The molecule has 0 radical (unpaired) electrons. The quantitative estimate of drug-likeness (QED) is 0.840. The van der Waals surface area contributed by atoms with Crippen LogP contribution in [0.3, 0.4) is 0 Å². The van der Waals surface area contributed by atoms with Crippen LogP contribution in [0.5, 0.6) is 0 Å². The first kappa shape index (κ1) is 18.0. The molecular weight excluding hydrogens is 302 g/mol. The molecule has 0 aliphatic heterocycles. The van der Waals surface area contributed by atoms with Gasteiger partial charge in [-0.05, 0) is 44.5 Å². The highest BCUT2D eigenvalue weighted by Gasteiger charge is 2.32. The van der Waals surface area contributed by atoms with Gasteiger partial charge in [-0.1, -0.05) is 12.2 Å². The molecule has 0 aliphatic carbocycles. The van der Waals surface area contributed by atoms with Crippen LogP contribution in [-0.2, 0) is 10.9 Å². The second-order valence-electron chi connectivity index (χ2n) is 5.51. The predicted molar refractivity (Wildman–Crippen MR) is 74.7 cm³/mol. The summed E-state index contributed by atoms with van der Waals surface area (Å²) in [6, 6.07) is 2.21. The molecule has 0 aromatic heterocycles. The van der Waals surface area contributed by atoms with E-state index >= 15 is 0 Å². The third-order valence-corrected chi connectivity index (χ3v) is 2.38. The highest BCUT2D eigenvalue weighted by atomic mass is 19.4. The van der Waals surface area contributed by atoms with Crippen LogP contribution < -0.4 is 5.32 Å². The van der Waals surface area contributed by atoms with Gasteiger partial charge in [0.15, 0.2) is 0 Å². The van der Waals surface area contributed by atoms with Gasteiger partial charge in [0.05, 0.1) is 5.56 Å². The second kappa shape index (κ2) is 6.81. The average molecular weight is 319 g/mol. The summed E-state index contributed by atoms with van der Waals surface area (Å²) in [5, 5.41) is 2.36. The fraction of sp³-hybridized carbons (Fsp3) is 0.400. The Labute approximate surface area is 126 Å². The maximum absolute atomic E-state index is 13.1. The summed E-state index contributed by atoms with van der Waals surface area (Å²) in [5.41, 5.74) is -1.92. The molecule has 1 aromatic carbocycles. The molecule has 0 atom stereocenters.